The zero-order valence-corrected chi connectivity index (χ0v) is 21.6. The Morgan fingerprint density at radius 2 is 1.40 bits per heavy atom. The van der Waals surface area contributed by atoms with Crippen LogP contribution in [0.2, 0.25) is 0 Å². The van der Waals surface area contributed by atoms with Crippen LogP contribution in [0.25, 0.3) is 0 Å². The molecule has 0 heterocycles. The van der Waals surface area contributed by atoms with Gasteiger partial charge in [-0.15, -0.1) is 0 Å². The Labute approximate surface area is 203 Å². The summed E-state index contributed by atoms with van der Waals surface area (Å²) in [6.07, 6.45) is -2.14. The van der Waals surface area contributed by atoms with E-state index in [0.717, 1.165) is 7.11 Å². The first-order chi connectivity index (χ1) is 7.05. The van der Waals surface area contributed by atoms with Gasteiger partial charge in [-0.25, -0.2) is 4.79 Å². The topological polar surface area (TPSA) is 171 Å². The van der Waals surface area contributed by atoms with E-state index in [2.05, 4.69) is 13.8 Å². The van der Waals surface area contributed by atoms with Crippen LogP contribution in [-0.2, 0) is 27.7 Å². The molecule has 10 nitrogen and oxygen atoms in total. The van der Waals surface area contributed by atoms with Gasteiger partial charge >= 0.3 is 124 Å². The Bertz CT molecular complexity index is 340. The molecule has 0 N–H and O–H groups in total. The molecule has 0 aromatic carbocycles. The number of hydrogen-bond donors (Lipinski definition) is 0. The molecule has 0 rings (SSSR count). The Hall–Kier alpha value is 3.69. The third-order valence-corrected chi connectivity index (χ3v) is 2.08. The molecule has 0 fully saturated rings. The molecule has 0 aliphatic heterocycles. The van der Waals surface area contributed by atoms with Gasteiger partial charge in [-0.2, -0.15) is 0 Å². The zero-order chi connectivity index (χ0) is 13.0. The van der Waals surface area contributed by atoms with Crippen LogP contribution in [0.3, 0.4) is 0 Å². The van der Waals surface area contributed by atoms with E-state index in [1.807, 2.05) is 0 Å². The molecule has 0 amide bonds. The molecule has 0 saturated heterocycles. The fourth-order valence-electron chi connectivity index (χ4n) is 0.588. The van der Waals surface area contributed by atoms with Gasteiger partial charge in [0.15, 0.2) is 6.10 Å². The maximum atomic E-state index is 10.8. The summed E-state index contributed by atoms with van der Waals surface area (Å²) in [6.45, 7) is -1.26. The Kier molecular flexibility index (Phi) is 28.2. The molecule has 0 aromatic heterocycles. The van der Waals surface area contributed by atoms with Gasteiger partial charge in [0.05, 0.1) is 29.4 Å². The summed E-state index contributed by atoms with van der Waals surface area (Å²) >= 11 is 0. The SMILES string of the molecule is COC(=O)C(COP(=O)([O-])[O-])OP(=O)([O-])[O-].[Na+].[Na+].[Na+].[Na+]. The molecular formula is C4H6Na4O10P2. The summed E-state index contributed by atoms with van der Waals surface area (Å²) in [7, 11) is -10.1. The molecule has 0 radical (unpaired) electrons. The summed E-state index contributed by atoms with van der Waals surface area (Å²) < 4.78 is 31.4. The van der Waals surface area contributed by atoms with Gasteiger partial charge in [-0.3, -0.25) is 0 Å². The summed E-state index contributed by atoms with van der Waals surface area (Å²) in [5.41, 5.74) is 0. The van der Waals surface area contributed by atoms with Gasteiger partial charge in [0, 0.05) is 0 Å². The van der Waals surface area contributed by atoms with Crippen molar-refractivity contribution in [3.05, 3.63) is 0 Å². The maximum Gasteiger partial charge on any atom is 1.00 e. The Balaban J connectivity index is -0.000000187. The van der Waals surface area contributed by atoms with Gasteiger partial charge < -0.3 is 42.5 Å². The number of rotatable bonds is 6. The number of phosphoric ester groups is 2. The number of methoxy groups -OCH3 is 1. The van der Waals surface area contributed by atoms with E-state index in [4.69, 9.17) is 0 Å². The quantitative estimate of drug-likeness (QED) is 0.249. The van der Waals surface area contributed by atoms with Crippen molar-refractivity contribution >= 4 is 21.6 Å². The predicted octanol–water partition coefficient (Wildman–Crippen LogP) is -15.8. The molecule has 0 aromatic rings. The van der Waals surface area contributed by atoms with Crippen LogP contribution in [0.15, 0.2) is 0 Å². The zero-order valence-electron chi connectivity index (χ0n) is 11.8. The molecule has 1 unspecified atom stereocenters. The van der Waals surface area contributed by atoms with Crippen LogP contribution >= 0.6 is 15.6 Å². The normalized spacial score (nSPS) is 11.7. The number of hydrogen-bond acceptors (Lipinski definition) is 10. The van der Waals surface area contributed by atoms with E-state index in [1.165, 1.54) is 0 Å². The van der Waals surface area contributed by atoms with Gasteiger partial charge in [0.25, 0.3) is 0 Å². The van der Waals surface area contributed by atoms with Gasteiger partial charge in [0.2, 0.25) is 0 Å². The van der Waals surface area contributed by atoms with E-state index in [-0.39, 0.29) is 118 Å². The summed E-state index contributed by atoms with van der Waals surface area (Å²) in [5.74, 6) is -1.37. The molecular weight excluding hydrogens is 362 g/mol. The van der Waals surface area contributed by atoms with Crippen molar-refractivity contribution in [2.45, 2.75) is 6.10 Å². The molecule has 20 heavy (non-hydrogen) atoms. The first kappa shape index (κ1) is 34.9. The molecule has 0 bridgehead atoms. The van der Waals surface area contributed by atoms with Crippen molar-refractivity contribution in [2.24, 2.45) is 0 Å². The fourth-order valence-corrected chi connectivity index (χ4v) is 1.36. The minimum atomic E-state index is -5.55. The van der Waals surface area contributed by atoms with Gasteiger partial charge in [-0.05, 0) is 0 Å². The van der Waals surface area contributed by atoms with Crippen molar-refractivity contribution in [3.63, 3.8) is 0 Å². The number of esters is 1. The van der Waals surface area contributed by atoms with Crippen LogP contribution in [0.1, 0.15) is 0 Å². The molecule has 0 aliphatic rings. The van der Waals surface area contributed by atoms with Crippen LogP contribution in [0.5, 0.6) is 0 Å². The first-order valence-electron chi connectivity index (χ1n) is 3.50. The largest absolute Gasteiger partial charge is 1.00 e. The van der Waals surface area contributed by atoms with E-state index < -0.39 is 34.3 Å². The van der Waals surface area contributed by atoms with Gasteiger partial charge in [0.1, 0.15) is 0 Å². The molecule has 1 atom stereocenters. The second-order valence-electron chi connectivity index (χ2n) is 2.31. The molecule has 0 aliphatic carbocycles. The molecule has 96 valence electrons. The van der Waals surface area contributed by atoms with Crippen molar-refractivity contribution in [1.29, 1.82) is 0 Å². The third kappa shape index (κ3) is 21.7. The Morgan fingerprint density at radius 1 is 1.00 bits per heavy atom. The van der Waals surface area contributed by atoms with Crippen molar-refractivity contribution < 1.29 is 166 Å². The number of ether oxygens (including phenoxy) is 1. The molecule has 16 heteroatoms. The molecule has 0 saturated carbocycles. The van der Waals surface area contributed by atoms with E-state index in [9.17, 15) is 33.5 Å². The Morgan fingerprint density at radius 3 is 1.65 bits per heavy atom. The van der Waals surface area contributed by atoms with Gasteiger partial charge in [-0.1, -0.05) is 0 Å². The monoisotopic (exact) mass is 368 g/mol. The van der Waals surface area contributed by atoms with Crippen molar-refractivity contribution in [1.82, 2.24) is 0 Å². The fraction of sp³-hybridized carbons (Fsp3) is 0.750. The molecule has 0 spiro atoms. The number of carbonyl (C=O) groups excluding carboxylic acids is 1. The minimum Gasteiger partial charge on any atom is -0.790 e. The second-order valence-corrected chi connectivity index (χ2v) is 4.57. The average Bonchev–Trinajstić information content (AvgIpc) is 2.07. The maximum absolute atomic E-state index is 10.8. The minimum absolute atomic E-state index is 0. The summed E-state index contributed by atoms with van der Waals surface area (Å²) in [6, 6.07) is 0. The van der Waals surface area contributed by atoms with Crippen molar-refractivity contribution in [3.8, 4) is 0 Å². The average molecular weight is 368 g/mol. The van der Waals surface area contributed by atoms with E-state index in [0.29, 0.717) is 0 Å². The van der Waals surface area contributed by atoms with Crippen LogP contribution in [0.4, 0.5) is 0 Å². The first-order valence-corrected chi connectivity index (χ1v) is 6.42. The number of phosphoric acid groups is 2. The van der Waals surface area contributed by atoms with Crippen molar-refractivity contribution in [2.75, 3.05) is 13.7 Å². The summed E-state index contributed by atoms with van der Waals surface area (Å²) in [4.78, 5) is 51.1. The predicted molar refractivity (Wildman–Crippen MR) is 38.1 cm³/mol. The second kappa shape index (κ2) is 16.2. The van der Waals surface area contributed by atoms with E-state index >= 15 is 0 Å². The van der Waals surface area contributed by atoms with Crippen LogP contribution in [-0.4, -0.2) is 25.8 Å². The van der Waals surface area contributed by atoms with E-state index in [1.54, 1.807) is 0 Å². The smallest absolute Gasteiger partial charge is 0.790 e. The summed E-state index contributed by atoms with van der Waals surface area (Å²) in [5, 5.41) is 0. The third-order valence-electron chi connectivity index (χ3n) is 1.10. The standard InChI is InChI=1S/C4H10O10P2.4Na/c1-12-4(5)3(14-16(9,10)11)2-13-15(6,7)8;;;;/h3H,2H2,1H3,(H2,6,7,8)(H2,9,10,11);;;;/q;4*+1/p-4. The van der Waals surface area contributed by atoms with Crippen LogP contribution in [0, 0.1) is 0 Å². The van der Waals surface area contributed by atoms with Crippen LogP contribution < -0.4 is 138 Å². The number of carbonyl (C=O) groups is 1.